The largest absolute Gasteiger partial charge is 0.379 e. The number of rotatable bonds is 5. The number of aryl methyl sites for hydroxylation is 2. The van der Waals surface area contributed by atoms with Crippen molar-refractivity contribution in [2.24, 2.45) is 5.92 Å². The molecule has 0 saturated carbocycles. The third kappa shape index (κ3) is 4.27. The van der Waals surface area contributed by atoms with Crippen LogP contribution in [-0.4, -0.2) is 62.7 Å². The number of sulfonamides is 1. The van der Waals surface area contributed by atoms with E-state index in [0.717, 1.165) is 5.69 Å². The number of ether oxygens (including phenoxy) is 1. The van der Waals surface area contributed by atoms with Gasteiger partial charge in [0.1, 0.15) is 0 Å². The molecule has 1 fully saturated rings. The number of amides is 1. The molecule has 0 aliphatic carbocycles. The zero-order chi connectivity index (χ0) is 17.2. The fourth-order valence-electron chi connectivity index (χ4n) is 2.51. The first-order valence-electron chi connectivity index (χ1n) is 7.44. The molecule has 0 unspecified atom stereocenters. The number of hydrogen-bond donors (Lipinski definition) is 1. The van der Waals surface area contributed by atoms with Gasteiger partial charge in [0, 0.05) is 25.7 Å². The Kier molecular flexibility index (Phi) is 5.38. The number of hydrogen-bond acceptors (Lipinski definition) is 5. The van der Waals surface area contributed by atoms with Gasteiger partial charge in [0.15, 0.2) is 0 Å². The van der Waals surface area contributed by atoms with Gasteiger partial charge >= 0.3 is 0 Å². The SMILES string of the molecule is Cc1ccc(C(=O)N[C@H]2COC[C@H]2CS(=O)(=O)N(C)C)c(C)n1. The van der Waals surface area contributed by atoms with E-state index in [1.54, 1.807) is 19.1 Å². The molecule has 23 heavy (non-hydrogen) atoms. The van der Waals surface area contributed by atoms with E-state index >= 15 is 0 Å². The van der Waals surface area contributed by atoms with E-state index in [2.05, 4.69) is 10.3 Å². The summed E-state index contributed by atoms with van der Waals surface area (Å²) in [6, 6.07) is 3.19. The zero-order valence-electron chi connectivity index (χ0n) is 13.9. The Morgan fingerprint density at radius 2 is 2.04 bits per heavy atom. The maximum atomic E-state index is 12.4. The van der Waals surface area contributed by atoms with Crippen LogP contribution in [0.3, 0.4) is 0 Å². The van der Waals surface area contributed by atoms with Crippen molar-refractivity contribution in [1.29, 1.82) is 0 Å². The fourth-order valence-corrected chi connectivity index (χ4v) is 3.68. The lowest BCUT2D eigenvalue weighted by atomic mass is 10.1. The van der Waals surface area contributed by atoms with E-state index in [0.29, 0.717) is 24.5 Å². The first-order valence-corrected chi connectivity index (χ1v) is 9.04. The van der Waals surface area contributed by atoms with Crippen LogP contribution < -0.4 is 5.32 Å². The molecule has 1 aliphatic rings. The predicted octanol–water partition coefficient (Wildman–Crippen LogP) is 0.335. The number of carbonyl (C=O) groups is 1. The Hall–Kier alpha value is -1.51. The van der Waals surface area contributed by atoms with Crippen molar-refractivity contribution in [3.8, 4) is 0 Å². The number of nitrogens with one attached hydrogen (secondary N) is 1. The van der Waals surface area contributed by atoms with E-state index in [1.165, 1.54) is 18.4 Å². The molecule has 2 atom stereocenters. The Bertz CT molecular complexity index is 688. The van der Waals surface area contributed by atoms with Crippen LogP contribution in [0, 0.1) is 19.8 Å². The van der Waals surface area contributed by atoms with Crippen molar-refractivity contribution >= 4 is 15.9 Å². The minimum absolute atomic E-state index is 0.0456. The monoisotopic (exact) mass is 341 g/mol. The molecule has 1 saturated heterocycles. The Labute approximate surface area is 137 Å². The fraction of sp³-hybridized carbons (Fsp3) is 0.600. The predicted molar refractivity (Wildman–Crippen MR) is 86.7 cm³/mol. The van der Waals surface area contributed by atoms with E-state index in [9.17, 15) is 13.2 Å². The molecular formula is C15H23N3O4S. The van der Waals surface area contributed by atoms with Crippen LogP contribution in [0.25, 0.3) is 0 Å². The summed E-state index contributed by atoms with van der Waals surface area (Å²) < 4.78 is 30.6. The minimum atomic E-state index is -3.34. The molecule has 0 aromatic carbocycles. The molecule has 1 aromatic heterocycles. The maximum Gasteiger partial charge on any atom is 0.253 e. The van der Waals surface area contributed by atoms with Crippen LogP contribution in [-0.2, 0) is 14.8 Å². The highest BCUT2D eigenvalue weighted by Crippen LogP contribution is 2.18. The molecular weight excluding hydrogens is 318 g/mol. The lowest BCUT2D eigenvalue weighted by molar-refractivity contribution is 0.0925. The van der Waals surface area contributed by atoms with Gasteiger partial charge in [0.25, 0.3) is 5.91 Å². The maximum absolute atomic E-state index is 12.4. The van der Waals surface area contributed by atoms with Gasteiger partial charge in [-0.15, -0.1) is 0 Å². The first-order chi connectivity index (χ1) is 10.7. The average molecular weight is 341 g/mol. The molecule has 7 nitrogen and oxygen atoms in total. The summed E-state index contributed by atoms with van der Waals surface area (Å²) in [6.07, 6.45) is 0. The third-order valence-electron chi connectivity index (χ3n) is 3.97. The third-order valence-corrected chi connectivity index (χ3v) is 5.93. The van der Waals surface area contributed by atoms with Gasteiger partial charge in [-0.05, 0) is 26.0 Å². The van der Waals surface area contributed by atoms with E-state index in [1.807, 2.05) is 6.92 Å². The zero-order valence-corrected chi connectivity index (χ0v) is 14.7. The van der Waals surface area contributed by atoms with Crippen molar-refractivity contribution in [2.75, 3.05) is 33.1 Å². The van der Waals surface area contributed by atoms with Crippen LogP contribution in [0.15, 0.2) is 12.1 Å². The Morgan fingerprint density at radius 3 is 2.65 bits per heavy atom. The van der Waals surface area contributed by atoms with E-state index < -0.39 is 10.0 Å². The molecule has 1 aromatic rings. The minimum Gasteiger partial charge on any atom is -0.379 e. The average Bonchev–Trinajstić information content (AvgIpc) is 2.84. The topological polar surface area (TPSA) is 88.6 Å². The smallest absolute Gasteiger partial charge is 0.253 e. The molecule has 2 rings (SSSR count). The van der Waals surface area contributed by atoms with E-state index in [-0.39, 0.29) is 23.6 Å². The summed E-state index contributed by atoms with van der Waals surface area (Å²) in [7, 11) is -0.339. The van der Waals surface area contributed by atoms with Crippen molar-refractivity contribution in [1.82, 2.24) is 14.6 Å². The highest BCUT2D eigenvalue weighted by atomic mass is 32.2. The molecule has 8 heteroatoms. The second-order valence-corrected chi connectivity index (χ2v) is 8.25. The second kappa shape index (κ2) is 6.94. The van der Waals surface area contributed by atoms with Crippen LogP contribution in [0.4, 0.5) is 0 Å². The highest BCUT2D eigenvalue weighted by molar-refractivity contribution is 7.89. The second-order valence-electron chi connectivity index (χ2n) is 6.02. The molecule has 0 bridgehead atoms. The van der Waals surface area contributed by atoms with Crippen molar-refractivity contribution in [2.45, 2.75) is 19.9 Å². The summed E-state index contributed by atoms with van der Waals surface area (Å²) in [5, 5.41) is 2.88. The van der Waals surface area contributed by atoms with Crippen LogP contribution in [0.2, 0.25) is 0 Å². The lowest BCUT2D eigenvalue weighted by Crippen LogP contribution is -2.43. The van der Waals surface area contributed by atoms with Crippen LogP contribution in [0.1, 0.15) is 21.7 Å². The van der Waals surface area contributed by atoms with Gasteiger partial charge in [-0.1, -0.05) is 0 Å². The first kappa shape index (κ1) is 17.8. The van der Waals surface area contributed by atoms with Crippen LogP contribution >= 0.6 is 0 Å². The van der Waals surface area contributed by atoms with Crippen molar-refractivity contribution in [3.63, 3.8) is 0 Å². The standard InChI is InChI=1S/C15H23N3O4S/c1-10-5-6-13(11(2)16-10)15(19)17-14-8-22-7-12(14)9-23(20,21)18(3)4/h5-6,12,14H,7-9H2,1-4H3,(H,17,19)/t12-,14-/m0/s1. The van der Waals surface area contributed by atoms with Gasteiger partial charge in [0.2, 0.25) is 10.0 Å². The van der Waals surface area contributed by atoms with Gasteiger partial charge in [-0.3, -0.25) is 9.78 Å². The molecule has 2 heterocycles. The number of pyridine rings is 1. The van der Waals surface area contributed by atoms with Gasteiger partial charge in [0.05, 0.1) is 36.3 Å². The van der Waals surface area contributed by atoms with Gasteiger partial charge in [-0.2, -0.15) is 0 Å². The molecule has 0 spiro atoms. The number of aromatic nitrogens is 1. The molecule has 1 amide bonds. The molecule has 1 N–H and O–H groups in total. The Morgan fingerprint density at radius 1 is 1.35 bits per heavy atom. The number of nitrogens with zero attached hydrogens (tertiary/aromatic N) is 2. The lowest BCUT2D eigenvalue weighted by Gasteiger charge is -2.21. The molecule has 128 valence electrons. The summed E-state index contributed by atoms with van der Waals surface area (Å²) in [6.45, 7) is 4.28. The van der Waals surface area contributed by atoms with Crippen LogP contribution in [0.5, 0.6) is 0 Å². The van der Waals surface area contributed by atoms with Crippen molar-refractivity contribution < 1.29 is 17.9 Å². The Balaban J connectivity index is 2.08. The summed E-state index contributed by atoms with van der Waals surface area (Å²) in [4.78, 5) is 16.7. The summed E-state index contributed by atoms with van der Waals surface area (Å²) in [5.41, 5.74) is 1.99. The summed E-state index contributed by atoms with van der Waals surface area (Å²) in [5.74, 6) is -0.557. The molecule has 0 radical (unpaired) electrons. The van der Waals surface area contributed by atoms with E-state index in [4.69, 9.17) is 4.74 Å². The highest BCUT2D eigenvalue weighted by Gasteiger charge is 2.34. The summed E-state index contributed by atoms with van der Waals surface area (Å²) >= 11 is 0. The normalized spacial score (nSPS) is 21.6. The van der Waals surface area contributed by atoms with Gasteiger partial charge in [-0.25, -0.2) is 12.7 Å². The molecule has 1 aliphatic heterocycles. The van der Waals surface area contributed by atoms with Gasteiger partial charge < -0.3 is 10.1 Å². The van der Waals surface area contributed by atoms with Crippen molar-refractivity contribution in [3.05, 3.63) is 29.1 Å². The number of carbonyl (C=O) groups excluding carboxylic acids is 1. The quantitative estimate of drug-likeness (QED) is 0.834.